The van der Waals surface area contributed by atoms with E-state index in [1.165, 1.54) is 0 Å². The van der Waals surface area contributed by atoms with Crippen LogP contribution in [0.1, 0.15) is 42.5 Å². The number of benzene rings is 1. The van der Waals surface area contributed by atoms with Crippen LogP contribution in [-0.2, 0) is 12.7 Å². The molecule has 27 heavy (non-hydrogen) atoms. The fourth-order valence-corrected chi connectivity index (χ4v) is 3.93. The number of pyridine rings is 1. The van der Waals surface area contributed by atoms with Crippen LogP contribution in [0.2, 0.25) is 0 Å². The van der Waals surface area contributed by atoms with E-state index in [0.717, 1.165) is 49.0 Å². The van der Waals surface area contributed by atoms with Gasteiger partial charge in [0.2, 0.25) is 5.56 Å². The molecule has 0 aliphatic rings. The number of aromatic nitrogens is 2. The molecular weight excluding hydrogens is 377 g/mol. The van der Waals surface area contributed by atoms with Crippen molar-refractivity contribution in [1.82, 2.24) is 9.55 Å². The molecule has 3 rings (SSSR count). The zero-order chi connectivity index (χ0) is 19.8. The minimum Gasteiger partial charge on any atom is -0.345 e. The predicted octanol–water partition coefficient (Wildman–Crippen LogP) is 5.92. The van der Waals surface area contributed by atoms with Gasteiger partial charge in [-0.2, -0.15) is 13.2 Å². The van der Waals surface area contributed by atoms with E-state index in [2.05, 4.69) is 9.55 Å². The maximum absolute atomic E-state index is 13.6. The number of hydrogen-bond acceptors (Lipinski definition) is 1. The van der Waals surface area contributed by atoms with Gasteiger partial charge in [0.05, 0.1) is 5.56 Å². The topological polar surface area (TPSA) is 37.8 Å². The molecule has 0 saturated heterocycles. The summed E-state index contributed by atoms with van der Waals surface area (Å²) in [6.45, 7) is 4.51. The number of halogens is 4. The molecule has 3 nitrogen and oxygen atoms in total. The highest BCUT2D eigenvalue weighted by atomic mass is 35.5. The lowest BCUT2D eigenvalue weighted by Crippen LogP contribution is -2.14. The maximum Gasteiger partial charge on any atom is 0.417 e. The molecule has 0 aliphatic heterocycles. The van der Waals surface area contributed by atoms with Crippen LogP contribution in [-0.4, -0.2) is 15.4 Å². The number of nitrogens with one attached hydrogen (secondary N) is 1. The van der Waals surface area contributed by atoms with Crippen LogP contribution in [0, 0.1) is 13.8 Å². The molecule has 0 amide bonds. The molecule has 0 radical (unpaired) electrons. The summed E-state index contributed by atoms with van der Waals surface area (Å²) in [4.78, 5) is 14.2. The first kappa shape index (κ1) is 19.8. The molecule has 0 spiro atoms. The van der Waals surface area contributed by atoms with Crippen molar-refractivity contribution in [2.75, 3.05) is 5.88 Å². The molecule has 1 aromatic carbocycles. The van der Waals surface area contributed by atoms with Crippen LogP contribution in [0.3, 0.4) is 0 Å². The summed E-state index contributed by atoms with van der Waals surface area (Å²) in [5.74, 6) is 0.648. The number of alkyl halides is 4. The molecule has 0 fully saturated rings. The summed E-state index contributed by atoms with van der Waals surface area (Å²) in [6, 6.07) is 4.02. The summed E-state index contributed by atoms with van der Waals surface area (Å²) in [5.41, 5.74) is 1.12. The van der Waals surface area contributed by atoms with E-state index in [-0.39, 0.29) is 10.9 Å². The SMILES string of the molecule is Cc1c(C)n(CCCCCCCl)c2ccc3[nH]c(=O)cc(C(F)(F)F)c3c12. The molecule has 0 aliphatic carbocycles. The van der Waals surface area contributed by atoms with Gasteiger partial charge in [-0.15, -0.1) is 11.6 Å². The number of H-pyrrole nitrogens is 1. The first-order valence-electron chi connectivity index (χ1n) is 9.04. The van der Waals surface area contributed by atoms with Crippen molar-refractivity contribution in [3.05, 3.63) is 45.4 Å². The van der Waals surface area contributed by atoms with Gasteiger partial charge < -0.3 is 9.55 Å². The highest BCUT2D eigenvalue weighted by Gasteiger charge is 2.34. The second-order valence-electron chi connectivity index (χ2n) is 6.89. The average molecular weight is 399 g/mol. The maximum atomic E-state index is 13.6. The molecule has 7 heteroatoms. The zero-order valence-corrected chi connectivity index (χ0v) is 16.1. The summed E-state index contributed by atoms with van der Waals surface area (Å²) in [5, 5.41) is 0.635. The number of aryl methyl sites for hydroxylation is 2. The Morgan fingerprint density at radius 1 is 1.07 bits per heavy atom. The monoisotopic (exact) mass is 398 g/mol. The van der Waals surface area contributed by atoms with Crippen molar-refractivity contribution in [2.45, 2.75) is 52.3 Å². The Balaban J connectivity index is 2.18. The van der Waals surface area contributed by atoms with E-state index in [1.807, 2.05) is 13.8 Å². The van der Waals surface area contributed by atoms with Crippen molar-refractivity contribution in [1.29, 1.82) is 0 Å². The molecule has 2 heterocycles. The van der Waals surface area contributed by atoms with Crippen molar-refractivity contribution >= 4 is 33.4 Å². The number of rotatable bonds is 6. The van der Waals surface area contributed by atoms with E-state index in [0.29, 0.717) is 17.3 Å². The van der Waals surface area contributed by atoms with Crippen LogP contribution in [0.4, 0.5) is 13.2 Å². The Kier molecular flexibility index (Phi) is 5.56. The van der Waals surface area contributed by atoms with Crippen LogP contribution >= 0.6 is 11.6 Å². The Labute approximate surface area is 160 Å². The van der Waals surface area contributed by atoms with Gasteiger partial charge in [-0.3, -0.25) is 4.79 Å². The summed E-state index contributed by atoms with van der Waals surface area (Å²) in [7, 11) is 0. The molecule has 2 aromatic heterocycles. The van der Waals surface area contributed by atoms with E-state index >= 15 is 0 Å². The van der Waals surface area contributed by atoms with Crippen LogP contribution in [0.15, 0.2) is 23.0 Å². The Morgan fingerprint density at radius 2 is 1.78 bits per heavy atom. The number of fused-ring (bicyclic) bond motifs is 3. The third-order valence-electron chi connectivity index (χ3n) is 5.17. The minimum atomic E-state index is -4.59. The molecule has 3 aromatic rings. The number of hydrogen-bond donors (Lipinski definition) is 1. The first-order valence-corrected chi connectivity index (χ1v) is 9.57. The Morgan fingerprint density at radius 3 is 2.44 bits per heavy atom. The van der Waals surface area contributed by atoms with Gasteiger partial charge >= 0.3 is 6.18 Å². The number of aromatic amines is 1. The van der Waals surface area contributed by atoms with E-state index in [9.17, 15) is 18.0 Å². The molecule has 0 atom stereocenters. The summed E-state index contributed by atoms with van der Waals surface area (Å²) < 4.78 is 42.9. The quantitative estimate of drug-likeness (QED) is 0.406. The van der Waals surface area contributed by atoms with Gasteiger partial charge in [-0.1, -0.05) is 12.8 Å². The van der Waals surface area contributed by atoms with Gasteiger partial charge in [0.1, 0.15) is 0 Å². The lowest BCUT2D eigenvalue weighted by Gasteiger charge is -2.12. The third kappa shape index (κ3) is 3.72. The summed E-state index contributed by atoms with van der Waals surface area (Å²) >= 11 is 5.70. The smallest absolute Gasteiger partial charge is 0.345 e. The van der Waals surface area contributed by atoms with Crippen molar-refractivity contribution < 1.29 is 13.2 Å². The fourth-order valence-electron chi connectivity index (χ4n) is 3.75. The largest absolute Gasteiger partial charge is 0.417 e. The molecule has 1 N–H and O–H groups in total. The summed E-state index contributed by atoms with van der Waals surface area (Å²) in [6.07, 6.45) is -0.608. The second kappa shape index (κ2) is 7.58. The van der Waals surface area contributed by atoms with Crippen molar-refractivity contribution in [2.24, 2.45) is 0 Å². The van der Waals surface area contributed by atoms with Gasteiger partial charge in [0.15, 0.2) is 0 Å². The molecule has 0 saturated carbocycles. The lowest BCUT2D eigenvalue weighted by molar-refractivity contribution is -0.136. The van der Waals surface area contributed by atoms with Gasteiger partial charge in [-0.05, 0) is 44.4 Å². The second-order valence-corrected chi connectivity index (χ2v) is 7.27. The highest BCUT2D eigenvalue weighted by Crippen LogP contribution is 2.39. The normalized spacial score (nSPS) is 12.4. The van der Waals surface area contributed by atoms with E-state index in [4.69, 9.17) is 11.6 Å². The van der Waals surface area contributed by atoms with Crippen LogP contribution in [0.25, 0.3) is 21.8 Å². The predicted molar refractivity (Wildman–Crippen MR) is 104 cm³/mol. The van der Waals surface area contributed by atoms with Crippen LogP contribution < -0.4 is 5.56 Å². The highest BCUT2D eigenvalue weighted by molar-refractivity contribution is 6.17. The third-order valence-corrected chi connectivity index (χ3v) is 5.44. The minimum absolute atomic E-state index is 0.0705. The molecule has 0 unspecified atom stereocenters. The molecule has 146 valence electrons. The molecule has 0 bridgehead atoms. The van der Waals surface area contributed by atoms with Gasteiger partial charge in [0, 0.05) is 46.0 Å². The Bertz CT molecular complexity index is 1030. The van der Waals surface area contributed by atoms with Crippen molar-refractivity contribution in [3.63, 3.8) is 0 Å². The fraction of sp³-hybridized carbons (Fsp3) is 0.450. The number of unbranched alkanes of at least 4 members (excludes halogenated alkanes) is 3. The van der Waals surface area contributed by atoms with E-state index in [1.54, 1.807) is 12.1 Å². The standard InChI is InChI=1S/C20H22ClF3N2O/c1-12-13(2)26(10-6-4-3-5-9-21)16-8-7-15-19(18(12)16)14(20(22,23)24)11-17(27)25-15/h7-8,11H,3-6,9-10H2,1-2H3,(H,25,27). The number of nitrogens with zero attached hydrogens (tertiary/aromatic N) is 1. The lowest BCUT2D eigenvalue weighted by atomic mass is 10.0. The van der Waals surface area contributed by atoms with Gasteiger partial charge in [-0.25, -0.2) is 0 Å². The van der Waals surface area contributed by atoms with E-state index < -0.39 is 17.3 Å². The van der Waals surface area contributed by atoms with Crippen LogP contribution in [0.5, 0.6) is 0 Å². The Hall–Kier alpha value is -1.95. The average Bonchev–Trinajstić information content (AvgIpc) is 2.84. The zero-order valence-electron chi connectivity index (χ0n) is 15.3. The molecular formula is C20H22ClF3N2O. The first-order chi connectivity index (χ1) is 12.8. The van der Waals surface area contributed by atoms with Crippen molar-refractivity contribution in [3.8, 4) is 0 Å². The van der Waals surface area contributed by atoms with Gasteiger partial charge in [0.25, 0.3) is 0 Å².